The molecule has 7 nitrogen and oxygen atoms in total. The maximum absolute atomic E-state index is 5.55. The van der Waals surface area contributed by atoms with E-state index in [4.69, 9.17) is 14.7 Å². The van der Waals surface area contributed by atoms with Crippen molar-refractivity contribution in [1.29, 1.82) is 0 Å². The largest absolute Gasteiger partial charge is 0.378 e. The summed E-state index contributed by atoms with van der Waals surface area (Å²) >= 11 is 0. The van der Waals surface area contributed by atoms with Crippen molar-refractivity contribution in [2.75, 3.05) is 31.2 Å². The van der Waals surface area contributed by atoms with Gasteiger partial charge in [-0.25, -0.2) is 15.0 Å². The molecule has 4 aromatic rings. The number of imidazole rings is 1. The molecule has 0 aliphatic carbocycles. The molecule has 0 radical (unpaired) electrons. The van der Waals surface area contributed by atoms with Crippen LogP contribution in [0.3, 0.4) is 0 Å². The molecule has 1 aliphatic heterocycles. The second kappa shape index (κ2) is 8.90. The molecule has 0 atom stereocenters. The molecule has 0 saturated carbocycles. The fourth-order valence-electron chi connectivity index (χ4n) is 4.14. The van der Waals surface area contributed by atoms with Crippen molar-refractivity contribution in [1.82, 2.24) is 24.3 Å². The third-order valence-electron chi connectivity index (χ3n) is 6.02. The van der Waals surface area contributed by atoms with Crippen LogP contribution in [0.15, 0.2) is 55.1 Å². The van der Waals surface area contributed by atoms with Crippen molar-refractivity contribution in [3.63, 3.8) is 0 Å². The van der Waals surface area contributed by atoms with Crippen LogP contribution in [0.4, 0.5) is 5.82 Å². The molecule has 0 N–H and O–H groups in total. The molecule has 1 fully saturated rings. The summed E-state index contributed by atoms with van der Waals surface area (Å²) in [5, 5.41) is 0. The monoisotopic (exact) mass is 442 g/mol. The zero-order chi connectivity index (χ0) is 22.8. The normalized spacial score (nSPS) is 14.7. The first kappa shape index (κ1) is 21.5. The van der Waals surface area contributed by atoms with Crippen LogP contribution in [-0.2, 0) is 23.0 Å². The molecule has 4 aromatic heterocycles. The summed E-state index contributed by atoms with van der Waals surface area (Å²) in [5.74, 6) is 1.77. The van der Waals surface area contributed by atoms with E-state index in [9.17, 15) is 0 Å². The van der Waals surface area contributed by atoms with Gasteiger partial charge in [0.15, 0.2) is 0 Å². The summed E-state index contributed by atoms with van der Waals surface area (Å²) in [7, 11) is 0. The van der Waals surface area contributed by atoms with Crippen molar-refractivity contribution < 1.29 is 4.74 Å². The van der Waals surface area contributed by atoms with Gasteiger partial charge in [0.05, 0.1) is 25.3 Å². The van der Waals surface area contributed by atoms with E-state index in [0.29, 0.717) is 6.42 Å². The number of pyridine rings is 2. The number of rotatable bonds is 5. The van der Waals surface area contributed by atoms with Gasteiger partial charge in [-0.2, -0.15) is 0 Å². The van der Waals surface area contributed by atoms with Crippen LogP contribution in [0, 0.1) is 0 Å². The Morgan fingerprint density at radius 1 is 0.879 bits per heavy atom. The van der Waals surface area contributed by atoms with Crippen molar-refractivity contribution >= 4 is 11.5 Å². The first-order valence-electron chi connectivity index (χ1n) is 11.5. The van der Waals surface area contributed by atoms with E-state index in [1.54, 1.807) is 0 Å². The Bertz CT molecular complexity index is 1250. The zero-order valence-electron chi connectivity index (χ0n) is 19.5. The Hall–Kier alpha value is -3.32. The van der Waals surface area contributed by atoms with Gasteiger partial charge in [0, 0.05) is 56.1 Å². The summed E-state index contributed by atoms with van der Waals surface area (Å²) < 4.78 is 7.56. The Balaban J connectivity index is 1.47. The van der Waals surface area contributed by atoms with E-state index in [-0.39, 0.29) is 5.41 Å². The highest BCUT2D eigenvalue weighted by molar-refractivity contribution is 5.45. The van der Waals surface area contributed by atoms with Gasteiger partial charge in [-0.3, -0.25) is 4.98 Å². The molecule has 170 valence electrons. The van der Waals surface area contributed by atoms with Gasteiger partial charge in [-0.1, -0.05) is 20.8 Å². The van der Waals surface area contributed by atoms with Gasteiger partial charge in [-0.05, 0) is 40.8 Å². The van der Waals surface area contributed by atoms with Gasteiger partial charge in [0.1, 0.15) is 17.3 Å². The van der Waals surface area contributed by atoms with Crippen LogP contribution in [0.5, 0.6) is 0 Å². The Kier molecular flexibility index (Phi) is 5.81. The van der Waals surface area contributed by atoms with Crippen LogP contribution >= 0.6 is 0 Å². The van der Waals surface area contributed by atoms with Gasteiger partial charge >= 0.3 is 0 Å². The quantitative estimate of drug-likeness (QED) is 0.468. The number of hydrogen-bond donors (Lipinski definition) is 0. The topological polar surface area (TPSA) is 68.4 Å². The number of ether oxygens (including phenoxy) is 1. The molecule has 1 saturated heterocycles. The maximum atomic E-state index is 5.55. The Morgan fingerprint density at radius 3 is 2.55 bits per heavy atom. The van der Waals surface area contributed by atoms with Crippen LogP contribution in [0.25, 0.3) is 5.65 Å². The average molecular weight is 443 g/mol. The molecule has 0 amide bonds. The fourth-order valence-corrected chi connectivity index (χ4v) is 4.14. The smallest absolute Gasteiger partial charge is 0.136 e. The lowest BCUT2D eigenvalue weighted by Gasteiger charge is -2.28. The van der Waals surface area contributed by atoms with Crippen LogP contribution in [-0.4, -0.2) is 50.6 Å². The van der Waals surface area contributed by atoms with Crippen molar-refractivity contribution in [2.45, 2.75) is 39.0 Å². The number of aromatic nitrogens is 5. The Morgan fingerprint density at radius 2 is 1.73 bits per heavy atom. The first-order chi connectivity index (χ1) is 15.9. The minimum absolute atomic E-state index is 0.0743. The lowest BCUT2D eigenvalue weighted by Crippen LogP contribution is -2.37. The molecule has 0 aromatic carbocycles. The summed E-state index contributed by atoms with van der Waals surface area (Å²) in [6.45, 7) is 9.78. The number of nitrogens with zero attached hydrogens (tertiary/aromatic N) is 6. The highest BCUT2D eigenvalue weighted by Crippen LogP contribution is 2.23. The van der Waals surface area contributed by atoms with Gasteiger partial charge < -0.3 is 14.0 Å². The summed E-state index contributed by atoms with van der Waals surface area (Å²) in [5.41, 5.74) is 5.46. The molecular weight excluding hydrogens is 412 g/mol. The first-order valence-corrected chi connectivity index (χ1v) is 11.5. The second-order valence-electron chi connectivity index (χ2n) is 9.60. The molecular formula is C26H30N6O. The summed E-state index contributed by atoms with van der Waals surface area (Å²) in [4.78, 5) is 21.2. The number of anilines is 1. The molecule has 0 unspecified atom stereocenters. The maximum Gasteiger partial charge on any atom is 0.136 e. The predicted molar refractivity (Wildman–Crippen MR) is 129 cm³/mol. The molecule has 0 spiro atoms. The van der Waals surface area contributed by atoms with Gasteiger partial charge in [0.25, 0.3) is 0 Å². The van der Waals surface area contributed by atoms with E-state index < -0.39 is 0 Å². The van der Waals surface area contributed by atoms with Gasteiger partial charge in [-0.15, -0.1) is 0 Å². The zero-order valence-corrected chi connectivity index (χ0v) is 19.5. The lowest BCUT2D eigenvalue weighted by molar-refractivity contribution is 0.122. The highest BCUT2D eigenvalue weighted by Gasteiger charge is 2.18. The fraction of sp³-hybridized carbons (Fsp3) is 0.385. The summed E-state index contributed by atoms with van der Waals surface area (Å²) in [6, 6.07) is 10.6. The van der Waals surface area contributed by atoms with Gasteiger partial charge in [0.2, 0.25) is 0 Å². The number of morpholine rings is 1. The average Bonchev–Trinajstić information content (AvgIpc) is 3.27. The standard InChI is InChI=1S/C26H30N6O/c1-26(2,3)20-4-6-27-21(16-20)17-23-29-22(18-25(30-23)32-10-12-33-13-11-32)14-19-5-8-31-9-7-28-24(31)15-19/h4-9,15-16,18H,10-14,17H2,1-3H3. The minimum atomic E-state index is 0.0743. The minimum Gasteiger partial charge on any atom is -0.378 e. The number of fused-ring (bicyclic) bond motifs is 1. The highest BCUT2D eigenvalue weighted by atomic mass is 16.5. The van der Waals surface area contributed by atoms with E-state index >= 15 is 0 Å². The number of hydrogen-bond acceptors (Lipinski definition) is 6. The third kappa shape index (κ3) is 5.03. The van der Waals surface area contributed by atoms with E-state index in [1.165, 1.54) is 11.1 Å². The molecule has 5 heterocycles. The molecule has 7 heteroatoms. The predicted octanol–water partition coefficient (Wildman–Crippen LogP) is 3.84. The molecule has 33 heavy (non-hydrogen) atoms. The SMILES string of the molecule is CC(C)(C)c1ccnc(Cc2nc(Cc3ccn4ccnc4c3)cc(N3CCOCC3)n2)c1. The van der Waals surface area contributed by atoms with E-state index in [1.807, 2.05) is 29.2 Å². The van der Waals surface area contributed by atoms with Crippen LogP contribution in [0.1, 0.15) is 49.1 Å². The summed E-state index contributed by atoms with van der Waals surface area (Å²) in [6.07, 6.45) is 9.04. The molecule has 5 rings (SSSR count). The van der Waals surface area contributed by atoms with Crippen LogP contribution in [0.2, 0.25) is 0 Å². The second-order valence-corrected chi connectivity index (χ2v) is 9.60. The third-order valence-corrected chi connectivity index (χ3v) is 6.02. The molecule has 0 bridgehead atoms. The Labute approximate surface area is 194 Å². The van der Waals surface area contributed by atoms with Crippen molar-refractivity contribution in [2.24, 2.45) is 0 Å². The van der Waals surface area contributed by atoms with Crippen molar-refractivity contribution in [3.05, 3.63) is 83.5 Å². The van der Waals surface area contributed by atoms with E-state index in [2.05, 4.69) is 66.0 Å². The van der Waals surface area contributed by atoms with Crippen LogP contribution < -0.4 is 4.90 Å². The van der Waals surface area contributed by atoms with Crippen molar-refractivity contribution in [3.8, 4) is 0 Å². The van der Waals surface area contributed by atoms with E-state index in [0.717, 1.165) is 61.4 Å². The molecule has 1 aliphatic rings. The lowest BCUT2D eigenvalue weighted by atomic mass is 9.87.